The Hall–Kier alpha value is -1.87. The van der Waals surface area contributed by atoms with Crippen LogP contribution in [0, 0.1) is 0 Å². The Bertz CT molecular complexity index is 506. The number of hydrogen-bond donors (Lipinski definition) is 0. The van der Waals surface area contributed by atoms with Crippen molar-refractivity contribution in [1.29, 1.82) is 0 Å². The minimum Gasteiger partial charge on any atom is -0.463 e. The summed E-state index contributed by atoms with van der Waals surface area (Å²) in [7, 11) is 0. The molecule has 0 aliphatic carbocycles. The molecule has 10 heteroatoms. The molecule has 0 radical (unpaired) electrons. The normalized spacial score (nSPS) is 29.3. The Morgan fingerprint density at radius 3 is 1.71 bits per heavy atom. The fraction of sp³-hybridized carbons (Fsp3) is 0.714. The first kappa shape index (κ1) is 20.2. The lowest BCUT2D eigenvalue weighted by Crippen LogP contribution is -2.61. The summed E-state index contributed by atoms with van der Waals surface area (Å²) in [6.07, 6.45) is -4.60. The van der Waals surface area contributed by atoms with Gasteiger partial charge in [-0.15, -0.1) is 0 Å². The van der Waals surface area contributed by atoms with Crippen molar-refractivity contribution in [3.63, 3.8) is 0 Å². The molecule has 0 saturated carbocycles. The summed E-state index contributed by atoms with van der Waals surface area (Å²) < 4.78 is 25.6. The second kappa shape index (κ2) is 8.84. The average molecular weight is 367 g/mol. The minimum absolute atomic E-state index is 0.291. The standard InChI is InChI=1S/C14H19ClO9/c1-6(16)20-5-10-11(21-7(2)17)12(22-8(3)18)13(14(15)24-10)23-9(4)19/h10-14H,5H2,1-4H3. The monoisotopic (exact) mass is 366 g/mol. The summed E-state index contributed by atoms with van der Waals surface area (Å²) in [4.78, 5) is 45.0. The van der Waals surface area contributed by atoms with E-state index < -0.39 is 53.9 Å². The second-order valence-electron chi connectivity index (χ2n) is 5.05. The van der Waals surface area contributed by atoms with Crippen LogP contribution in [-0.2, 0) is 42.9 Å². The van der Waals surface area contributed by atoms with Crippen molar-refractivity contribution >= 4 is 35.5 Å². The van der Waals surface area contributed by atoms with Gasteiger partial charge in [-0.1, -0.05) is 11.6 Å². The molecule has 0 N–H and O–H groups in total. The molecule has 1 fully saturated rings. The molecule has 0 bridgehead atoms. The zero-order chi connectivity index (χ0) is 18.4. The number of carbonyl (C=O) groups excluding carboxylic acids is 4. The molecular weight excluding hydrogens is 348 g/mol. The van der Waals surface area contributed by atoms with Gasteiger partial charge in [0.05, 0.1) is 0 Å². The number of ether oxygens (including phenoxy) is 5. The van der Waals surface area contributed by atoms with E-state index in [1.807, 2.05) is 0 Å². The first-order chi connectivity index (χ1) is 11.1. The van der Waals surface area contributed by atoms with Crippen LogP contribution in [0.3, 0.4) is 0 Å². The van der Waals surface area contributed by atoms with Gasteiger partial charge in [0, 0.05) is 27.7 Å². The van der Waals surface area contributed by atoms with Crippen LogP contribution in [0.25, 0.3) is 0 Å². The Morgan fingerprint density at radius 2 is 1.25 bits per heavy atom. The first-order valence-corrected chi connectivity index (χ1v) is 7.50. The molecule has 0 spiro atoms. The van der Waals surface area contributed by atoms with E-state index in [1.54, 1.807) is 0 Å². The highest BCUT2D eigenvalue weighted by Crippen LogP contribution is 2.30. The van der Waals surface area contributed by atoms with Gasteiger partial charge in [0.1, 0.15) is 12.7 Å². The molecule has 1 saturated heterocycles. The largest absolute Gasteiger partial charge is 0.463 e. The van der Waals surface area contributed by atoms with Gasteiger partial charge in [0.2, 0.25) is 0 Å². The Kier molecular flexibility index (Phi) is 7.43. The van der Waals surface area contributed by atoms with E-state index in [-0.39, 0.29) is 6.61 Å². The van der Waals surface area contributed by atoms with E-state index in [0.717, 1.165) is 20.8 Å². The van der Waals surface area contributed by atoms with Crippen LogP contribution in [0.2, 0.25) is 0 Å². The first-order valence-electron chi connectivity index (χ1n) is 7.06. The van der Waals surface area contributed by atoms with Gasteiger partial charge in [-0.05, 0) is 0 Å². The summed E-state index contributed by atoms with van der Waals surface area (Å²) >= 11 is 6.05. The third-order valence-electron chi connectivity index (χ3n) is 2.93. The molecule has 1 aliphatic heterocycles. The lowest BCUT2D eigenvalue weighted by Gasteiger charge is -2.42. The highest BCUT2D eigenvalue weighted by molar-refractivity contribution is 6.20. The number of alkyl halides is 1. The summed E-state index contributed by atoms with van der Waals surface area (Å²) in [5.41, 5.74) is -1.20. The fourth-order valence-corrected chi connectivity index (χ4v) is 2.50. The summed E-state index contributed by atoms with van der Waals surface area (Å²) in [6, 6.07) is 0. The number of hydrogen-bond acceptors (Lipinski definition) is 9. The fourth-order valence-electron chi connectivity index (χ4n) is 2.18. The molecule has 0 aromatic rings. The highest BCUT2D eigenvalue weighted by atomic mass is 35.5. The number of carbonyl (C=O) groups is 4. The molecule has 1 aliphatic rings. The van der Waals surface area contributed by atoms with Gasteiger partial charge in [0.15, 0.2) is 23.9 Å². The van der Waals surface area contributed by atoms with Crippen LogP contribution < -0.4 is 0 Å². The van der Waals surface area contributed by atoms with Crippen molar-refractivity contribution in [1.82, 2.24) is 0 Å². The van der Waals surface area contributed by atoms with E-state index in [1.165, 1.54) is 6.92 Å². The van der Waals surface area contributed by atoms with Crippen molar-refractivity contribution in [2.24, 2.45) is 0 Å². The van der Waals surface area contributed by atoms with Crippen molar-refractivity contribution in [3.05, 3.63) is 0 Å². The molecule has 5 unspecified atom stereocenters. The number of halogens is 1. The van der Waals surface area contributed by atoms with Crippen LogP contribution >= 0.6 is 11.6 Å². The maximum absolute atomic E-state index is 11.4. The van der Waals surface area contributed by atoms with Gasteiger partial charge in [-0.3, -0.25) is 19.2 Å². The zero-order valence-electron chi connectivity index (χ0n) is 13.6. The van der Waals surface area contributed by atoms with Gasteiger partial charge < -0.3 is 23.7 Å². The predicted molar refractivity (Wildman–Crippen MR) is 77.8 cm³/mol. The van der Waals surface area contributed by atoms with Gasteiger partial charge in [-0.25, -0.2) is 0 Å². The maximum Gasteiger partial charge on any atom is 0.303 e. The van der Waals surface area contributed by atoms with Crippen LogP contribution in [0.5, 0.6) is 0 Å². The third-order valence-corrected chi connectivity index (χ3v) is 3.29. The lowest BCUT2D eigenvalue weighted by molar-refractivity contribution is -0.238. The van der Waals surface area contributed by atoms with Crippen LogP contribution in [-0.4, -0.2) is 60.5 Å². The molecule has 9 nitrogen and oxygen atoms in total. The van der Waals surface area contributed by atoms with Crippen molar-refractivity contribution in [3.8, 4) is 0 Å². The van der Waals surface area contributed by atoms with Crippen molar-refractivity contribution in [2.45, 2.75) is 57.7 Å². The lowest BCUT2D eigenvalue weighted by atomic mass is 9.99. The quantitative estimate of drug-likeness (QED) is 0.385. The van der Waals surface area contributed by atoms with E-state index in [9.17, 15) is 19.2 Å². The molecular formula is C14H19ClO9. The highest BCUT2D eigenvalue weighted by Gasteiger charge is 2.51. The summed E-state index contributed by atoms with van der Waals surface area (Å²) in [5.74, 6) is -2.67. The SMILES string of the molecule is CC(=O)OCC1OC(Cl)C(OC(C)=O)C(OC(C)=O)C1OC(C)=O. The molecule has 136 valence electrons. The van der Waals surface area contributed by atoms with Crippen LogP contribution in [0.1, 0.15) is 27.7 Å². The van der Waals surface area contributed by atoms with E-state index in [2.05, 4.69) is 0 Å². The molecule has 1 heterocycles. The smallest absolute Gasteiger partial charge is 0.303 e. The summed E-state index contributed by atoms with van der Waals surface area (Å²) in [6.45, 7) is 4.31. The molecule has 0 aromatic carbocycles. The number of esters is 4. The van der Waals surface area contributed by atoms with Crippen molar-refractivity contribution < 1.29 is 42.9 Å². The molecule has 5 atom stereocenters. The molecule has 1 rings (SSSR count). The zero-order valence-corrected chi connectivity index (χ0v) is 14.4. The summed E-state index contributed by atoms with van der Waals surface area (Å²) in [5, 5.41) is 0. The third kappa shape index (κ3) is 5.97. The Balaban J connectivity index is 3.11. The number of rotatable bonds is 5. The van der Waals surface area contributed by atoms with Gasteiger partial charge >= 0.3 is 23.9 Å². The van der Waals surface area contributed by atoms with E-state index in [4.69, 9.17) is 35.3 Å². The Labute approximate surface area is 143 Å². The average Bonchev–Trinajstić information content (AvgIpc) is 2.42. The molecule has 24 heavy (non-hydrogen) atoms. The van der Waals surface area contributed by atoms with E-state index >= 15 is 0 Å². The van der Waals surface area contributed by atoms with Crippen molar-refractivity contribution in [2.75, 3.05) is 6.61 Å². The Morgan fingerprint density at radius 1 is 0.792 bits per heavy atom. The topological polar surface area (TPSA) is 114 Å². The second-order valence-corrected chi connectivity index (χ2v) is 5.48. The van der Waals surface area contributed by atoms with Crippen LogP contribution in [0.15, 0.2) is 0 Å². The maximum atomic E-state index is 11.4. The molecule has 0 aromatic heterocycles. The van der Waals surface area contributed by atoms with E-state index in [0.29, 0.717) is 0 Å². The minimum atomic E-state index is -1.22. The van der Waals surface area contributed by atoms with Crippen LogP contribution in [0.4, 0.5) is 0 Å². The predicted octanol–water partition coefficient (Wildman–Crippen LogP) is 0.308. The van der Waals surface area contributed by atoms with Gasteiger partial charge in [0.25, 0.3) is 0 Å². The molecule has 0 amide bonds. The van der Waals surface area contributed by atoms with Gasteiger partial charge in [-0.2, -0.15) is 0 Å².